The predicted octanol–water partition coefficient (Wildman–Crippen LogP) is 1.08. The lowest BCUT2D eigenvalue weighted by molar-refractivity contribution is 0.0695. The zero-order chi connectivity index (χ0) is 12.0. The Morgan fingerprint density at radius 2 is 1.81 bits per heavy atom. The summed E-state index contributed by atoms with van der Waals surface area (Å²) in [5.41, 5.74) is 2.06. The van der Waals surface area contributed by atoms with Crippen molar-refractivity contribution < 1.29 is 10.2 Å². The van der Waals surface area contributed by atoms with Gasteiger partial charge in [-0.15, -0.1) is 0 Å². The molecule has 0 aliphatic carbocycles. The minimum atomic E-state index is -0.442. The van der Waals surface area contributed by atoms with Crippen LogP contribution in [0.4, 0.5) is 0 Å². The average Bonchev–Trinajstić information content (AvgIpc) is 2.31. The Morgan fingerprint density at radius 3 is 2.38 bits per heavy atom. The van der Waals surface area contributed by atoms with Crippen molar-refractivity contribution in [1.82, 2.24) is 5.32 Å². The van der Waals surface area contributed by atoms with Gasteiger partial charge in [-0.2, -0.15) is 0 Å². The molecule has 0 bridgehead atoms. The summed E-state index contributed by atoms with van der Waals surface area (Å²) in [5.74, 6) is 0. The normalized spacial score (nSPS) is 11.8. The van der Waals surface area contributed by atoms with E-state index in [0.717, 1.165) is 6.54 Å². The minimum absolute atomic E-state index is 0.00965. The van der Waals surface area contributed by atoms with Gasteiger partial charge in [0.15, 0.2) is 0 Å². The lowest BCUT2D eigenvalue weighted by Crippen LogP contribution is -2.37. The summed E-state index contributed by atoms with van der Waals surface area (Å²) < 4.78 is 0. The molecule has 0 saturated carbocycles. The number of nitrogens with one attached hydrogen (secondary N) is 1. The maximum Gasteiger partial charge on any atom is 0.0518 e. The molecule has 0 radical (unpaired) electrons. The molecule has 3 nitrogen and oxygen atoms in total. The van der Waals surface area contributed by atoms with Crippen molar-refractivity contribution in [3.8, 4) is 0 Å². The van der Waals surface area contributed by atoms with Gasteiger partial charge < -0.3 is 15.5 Å². The molecule has 16 heavy (non-hydrogen) atoms. The molecule has 90 valence electrons. The van der Waals surface area contributed by atoms with E-state index in [-0.39, 0.29) is 13.2 Å². The number of aliphatic hydroxyl groups excluding tert-OH is 2. The number of aliphatic hydroxyl groups is 2. The predicted molar refractivity (Wildman–Crippen MR) is 65.2 cm³/mol. The van der Waals surface area contributed by atoms with Crippen LogP contribution in [0.1, 0.15) is 18.1 Å². The molecule has 3 N–H and O–H groups in total. The molecule has 1 rings (SSSR count). The van der Waals surface area contributed by atoms with Gasteiger partial charge in [-0.25, -0.2) is 0 Å². The quantitative estimate of drug-likeness (QED) is 0.676. The molecule has 3 heteroatoms. The zero-order valence-corrected chi connectivity index (χ0v) is 10.0. The van der Waals surface area contributed by atoms with E-state index in [1.807, 2.05) is 19.1 Å². The smallest absolute Gasteiger partial charge is 0.0518 e. The van der Waals surface area contributed by atoms with Crippen LogP contribution in [0.15, 0.2) is 24.3 Å². The number of hydrogen-bond donors (Lipinski definition) is 3. The van der Waals surface area contributed by atoms with E-state index in [9.17, 15) is 0 Å². The van der Waals surface area contributed by atoms with Crippen molar-refractivity contribution in [3.05, 3.63) is 35.4 Å². The summed E-state index contributed by atoms with van der Waals surface area (Å²) in [6.45, 7) is 5.29. The van der Waals surface area contributed by atoms with Crippen molar-refractivity contribution in [3.63, 3.8) is 0 Å². The number of benzene rings is 1. The molecule has 0 aromatic heterocycles. The van der Waals surface area contributed by atoms with Gasteiger partial charge in [0.25, 0.3) is 0 Å². The van der Waals surface area contributed by atoms with E-state index in [1.165, 1.54) is 11.1 Å². The SMILES string of the molecule is Cc1ccccc1CNCC(C)(CO)CO. The van der Waals surface area contributed by atoms with E-state index in [1.54, 1.807) is 0 Å². The third-order valence-electron chi connectivity index (χ3n) is 2.89. The average molecular weight is 223 g/mol. The Hall–Kier alpha value is -0.900. The largest absolute Gasteiger partial charge is 0.396 e. The molecule has 1 aromatic rings. The fraction of sp³-hybridized carbons (Fsp3) is 0.538. The molecule has 0 aliphatic heterocycles. The van der Waals surface area contributed by atoms with Gasteiger partial charge in [-0.05, 0) is 18.1 Å². The molecule has 0 aliphatic rings. The maximum atomic E-state index is 9.14. The molecular formula is C13H21NO2. The summed E-state index contributed by atoms with van der Waals surface area (Å²) in [6, 6.07) is 8.19. The summed E-state index contributed by atoms with van der Waals surface area (Å²) >= 11 is 0. The Balaban J connectivity index is 2.44. The van der Waals surface area contributed by atoms with Crippen molar-refractivity contribution in [2.24, 2.45) is 5.41 Å². The highest BCUT2D eigenvalue weighted by Crippen LogP contribution is 2.13. The van der Waals surface area contributed by atoms with E-state index >= 15 is 0 Å². The first-order valence-corrected chi connectivity index (χ1v) is 5.58. The third-order valence-corrected chi connectivity index (χ3v) is 2.89. The van der Waals surface area contributed by atoms with E-state index in [2.05, 4.69) is 24.4 Å². The second-order valence-electron chi connectivity index (χ2n) is 4.66. The van der Waals surface area contributed by atoms with Crippen molar-refractivity contribution >= 4 is 0 Å². The van der Waals surface area contributed by atoms with E-state index < -0.39 is 5.41 Å². The van der Waals surface area contributed by atoms with Crippen LogP contribution in [0, 0.1) is 12.3 Å². The Bertz CT molecular complexity index is 321. The van der Waals surface area contributed by atoms with Crippen LogP contribution < -0.4 is 5.32 Å². The first kappa shape index (κ1) is 13.2. The zero-order valence-electron chi connectivity index (χ0n) is 10.0. The van der Waals surface area contributed by atoms with Crippen LogP contribution in [0.3, 0.4) is 0 Å². The third kappa shape index (κ3) is 3.59. The van der Waals surface area contributed by atoms with Gasteiger partial charge >= 0.3 is 0 Å². The molecule has 0 unspecified atom stereocenters. The maximum absolute atomic E-state index is 9.14. The molecule has 0 heterocycles. The van der Waals surface area contributed by atoms with Crippen LogP contribution in [0.5, 0.6) is 0 Å². The molecule has 1 aromatic carbocycles. The minimum Gasteiger partial charge on any atom is -0.396 e. The van der Waals surface area contributed by atoms with Crippen LogP contribution in [0.25, 0.3) is 0 Å². The molecule has 0 atom stereocenters. The molecule has 0 saturated heterocycles. The van der Waals surface area contributed by atoms with Crippen LogP contribution in [0.2, 0.25) is 0 Å². The second kappa shape index (κ2) is 5.99. The lowest BCUT2D eigenvalue weighted by atomic mass is 9.93. The number of aryl methyl sites for hydroxylation is 1. The first-order chi connectivity index (χ1) is 7.61. The Kier molecular flexibility index (Phi) is 4.93. The summed E-state index contributed by atoms with van der Waals surface area (Å²) in [5, 5.41) is 21.5. The van der Waals surface area contributed by atoms with Gasteiger partial charge in [0, 0.05) is 18.5 Å². The summed E-state index contributed by atoms with van der Waals surface area (Å²) in [4.78, 5) is 0. The second-order valence-corrected chi connectivity index (χ2v) is 4.66. The molecular weight excluding hydrogens is 202 g/mol. The van der Waals surface area contributed by atoms with Gasteiger partial charge in [0.1, 0.15) is 0 Å². The standard InChI is InChI=1S/C13H21NO2/c1-11-5-3-4-6-12(11)7-14-8-13(2,9-15)10-16/h3-6,14-16H,7-10H2,1-2H3. The molecule has 0 fully saturated rings. The van der Waals surface area contributed by atoms with E-state index in [4.69, 9.17) is 10.2 Å². The van der Waals surface area contributed by atoms with Crippen LogP contribution >= 0.6 is 0 Å². The topological polar surface area (TPSA) is 52.5 Å². The van der Waals surface area contributed by atoms with Crippen molar-refractivity contribution in [2.45, 2.75) is 20.4 Å². The molecule has 0 spiro atoms. The van der Waals surface area contributed by atoms with Gasteiger partial charge in [-0.1, -0.05) is 31.2 Å². The monoisotopic (exact) mass is 223 g/mol. The van der Waals surface area contributed by atoms with Gasteiger partial charge in [0.2, 0.25) is 0 Å². The van der Waals surface area contributed by atoms with Gasteiger partial charge in [-0.3, -0.25) is 0 Å². The van der Waals surface area contributed by atoms with Crippen LogP contribution in [-0.4, -0.2) is 30.0 Å². The Labute approximate surface area is 97.1 Å². The van der Waals surface area contributed by atoms with Crippen molar-refractivity contribution in [2.75, 3.05) is 19.8 Å². The Morgan fingerprint density at radius 1 is 1.19 bits per heavy atom. The lowest BCUT2D eigenvalue weighted by Gasteiger charge is -2.25. The highest BCUT2D eigenvalue weighted by molar-refractivity contribution is 5.25. The molecule has 0 amide bonds. The highest BCUT2D eigenvalue weighted by atomic mass is 16.3. The van der Waals surface area contributed by atoms with Crippen molar-refractivity contribution in [1.29, 1.82) is 0 Å². The van der Waals surface area contributed by atoms with Gasteiger partial charge in [0.05, 0.1) is 13.2 Å². The van der Waals surface area contributed by atoms with Crippen LogP contribution in [-0.2, 0) is 6.54 Å². The summed E-state index contributed by atoms with van der Waals surface area (Å²) in [6.07, 6.45) is 0. The highest BCUT2D eigenvalue weighted by Gasteiger charge is 2.21. The fourth-order valence-corrected chi connectivity index (χ4v) is 1.47. The number of rotatable bonds is 6. The summed E-state index contributed by atoms with van der Waals surface area (Å²) in [7, 11) is 0. The number of hydrogen-bond acceptors (Lipinski definition) is 3. The van der Waals surface area contributed by atoms with E-state index in [0.29, 0.717) is 6.54 Å². The first-order valence-electron chi connectivity index (χ1n) is 5.58. The fourth-order valence-electron chi connectivity index (χ4n) is 1.47.